The molecule has 2 heteroatoms. The Morgan fingerprint density at radius 3 is 0.868 bits per heavy atom. The zero-order valence-electron chi connectivity index (χ0n) is 37.3. The molecule has 1 atom stereocenters. The number of nitrogens with zero attached hydrogens (tertiary/aromatic N) is 1. The van der Waals surface area contributed by atoms with E-state index in [9.17, 15) is 0 Å². The van der Waals surface area contributed by atoms with Crippen molar-refractivity contribution in [2.75, 3.05) is 20.6 Å². The number of quaternary nitrogens is 1. The quantitative estimate of drug-likeness (QED) is 0.0461. The van der Waals surface area contributed by atoms with Gasteiger partial charge in [-0.2, -0.15) is 0 Å². The maximum Gasteiger partial charge on any atom is 0.124 e. The highest BCUT2D eigenvalue weighted by atomic mass is 35.5. The fourth-order valence-corrected chi connectivity index (χ4v) is 9.20. The first-order valence-electron chi connectivity index (χ1n) is 24.4. The Hall–Kier alpha value is -0.530. The maximum absolute atomic E-state index is 2.62. The predicted molar refractivity (Wildman–Crippen MR) is 238 cm³/mol. The maximum atomic E-state index is 2.62. The summed E-state index contributed by atoms with van der Waals surface area (Å²) in [5.41, 5.74) is 1.88. The zero-order chi connectivity index (χ0) is 37.7. The Morgan fingerprint density at radius 1 is 0.340 bits per heavy atom. The van der Waals surface area contributed by atoms with Gasteiger partial charge >= 0.3 is 0 Å². The number of benzene rings is 1. The fourth-order valence-electron chi connectivity index (χ4n) is 9.20. The Balaban J connectivity index is 0.0000270. The van der Waals surface area contributed by atoms with E-state index in [0.29, 0.717) is 0 Å². The van der Waals surface area contributed by atoms with Gasteiger partial charge in [-0.1, -0.05) is 257 Å². The van der Waals surface area contributed by atoms with Crippen LogP contribution in [0.2, 0.25) is 0 Å². The Bertz CT molecular complexity index is 836. The summed E-state index contributed by atoms with van der Waals surface area (Å²) >= 11 is 0. The highest BCUT2D eigenvalue weighted by molar-refractivity contribution is 5.22. The molecule has 0 aliphatic rings. The lowest BCUT2D eigenvalue weighted by atomic mass is 9.77. The van der Waals surface area contributed by atoms with Crippen LogP contribution in [0.1, 0.15) is 270 Å². The van der Waals surface area contributed by atoms with Crippen molar-refractivity contribution >= 4 is 0 Å². The number of hydrogen-bond acceptors (Lipinski definition) is 0. The molecule has 0 saturated heterocycles. The van der Waals surface area contributed by atoms with Gasteiger partial charge < -0.3 is 16.9 Å². The molecule has 1 aromatic rings. The van der Waals surface area contributed by atoms with Gasteiger partial charge in [0, 0.05) is 18.4 Å². The third-order valence-electron chi connectivity index (χ3n) is 12.9. The van der Waals surface area contributed by atoms with E-state index in [1.807, 2.05) is 0 Å². The molecule has 0 spiro atoms. The molecule has 0 aromatic heterocycles. The van der Waals surface area contributed by atoms with Crippen molar-refractivity contribution in [2.24, 2.45) is 0 Å². The van der Waals surface area contributed by atoms with Crippen molar-refractivity contribution in [3.8, 4) is 0 Å². The summed E-state index contributed by atoms with van der Waals surface area (Å²) in [5, 5.41) is 0. The van der Waals surface area contributed by atoms with Crippen LogP contribution < -0.4 is 12.4 Å². The number of halogens is 1. The van der Waals surface area contributed by atoms with Crippen LogP contribution in [0, 0.1) is 0 Å². The molecule has 0 radical (unpaired) electrons. The van der Waals surface area contributed by atoms with E-state index in [2.05, 4.69) is 65.2 Å². The number of unbranched alkanes of at least 4 members (excludes halogenated alkanes) is 33. The van der Waals surface area contributed by atoms with Crippen LogP contribution in [0.15, 0.2) is 30.3 Å². The second kappa shape index (κ2) is 38.3. The van der Waals surface area contributed by atoms with E-state index in [0.717, 1.165) is 0 Å². The summed E-state index contributed by atoms with van der Waals surface area (Å²) in [6.45, 7) is 8.29. The van der Waals surface area contributed by atoms with E-state index in [-0.39, 0.29) is 17.9 Å². The van der Waals surface area contributed by atoms with Crippen LogP contribution >= 0.6 is 0 Å². The molecule has 0 aliphatic heterocycles. The number of hydrogen-bond donors (Lipinski definition) is 0. The first kappa shape index (κ1) is 52.5. The molecule has 53 heavy (non-hydrogen) atoms. The Labute approximate surface area is 342 Å². The molecule has 0 aliphatic carbocycles. The molecule has 0 saturated carbocycles. The van der Waals surface area contributed by atoms with Gasteiger partial charge in [-0.3, -0.25) is 0 Å². The van der Waals surface area contributed by atoms with E-state index in [1.54, 1.807) is 5.56 Å². The number of rotatable bonds is 41. The molecule has 0 bridgehead atoms. The minimum atomic E-state index is 0. The van der Waals surface area contributed by atoms with Crippen LogP contribution in [-0.2, 0) is 5.54 Å². The van der Waals surface area contributed by atoms with Gasteiger partial charge in [0.25, 0.3) is 0 Å². The predicted octanol–water partition coefficient (Wildman–Crippen LogP) is 14.8. The van der Waals surface area contributed by atoms with Gasteiger partial charge in [0.05, 0.1) is 20.6 Å². The average Bonchev–Trinajstić information content (AvgIpc) is 3.15. The fraction of sp³-hybridized carbons (Fsp3) is 0.882. The summed E-state index contributed by atoms with van der Waals surface area (Å²) < 4.78 is 1.17. The molecule has 1 rings (SSSR count). The third-order valence-corrected chi connectivity index (χ3v) is 12.9. The topological polar surface area (TPSA) is 0 Å². The second-order valence-corrected chi connectivity index (χ2v) is 18.0. The second-order valence-electron chi connectivity index (χ2n) is 18.0. The average molecular weight is 761 g/mol. The summed E-state index contributed by atoms with van der Waals surface area (Å²) in [6.07, 6.45) is 54.4. The van der Waals surface area contributed by atoms with Gasteiger partial charge in [0.15, 0.2) is 0 Å². The smallest absolute Gasteiger partial charge is 0.124 e. The molecular weight excluding hydrogens is 662 g/mol. The van der Waals surface area contributed by atoms with Crippen molar-refractivity contribution in [3.63, 3.8) is 0 Å². The van der Waals surface area contributed by atoms with Crippen molar-refractivity contribution in [1.29, 1.82) is 0 Å². The van der Waals surface area contributed by atoms with Gasteiger partial charge in [-0.25, -0.2) is 0 Å². The van der Waals surface area contributed by atoms with Gasteiger partial charge in [-0.05, 0) is 25.7 Å². The van der Waals surface area contributed by atoms with Crippen molar-refractivity contribution in [1.82, 2.24) is 0 Å². The van der Waals surface area contributed by atoms with Crippen LogP contribution in [0.25, 0.3) is 0 Å². The summed E-state index contributed by atoms with van der Waals surface area (Å²) in [6, 6.07) is 11.9. The summed E-state index contributed by atoms with van der Waals surface area (Å²) in [4.78, 5) is 0. The first-order chi connectivity index (χ1) is 25.5. The van der Waals surface area contributed by atoms with E-state index in [4.69, 9.17) is 0 Å². The minimum absolute atomic E-state index is 0. The molecule has 0 fully saturated rings. The lowest BCUT2D eigenvalue weighted by Crippen LogP contribution is -3.00. The normalized spacial score (nSPS) is 12.9. The van der Waals surface area contributed by atoms with Crippen molar-refractivity contribution in [2.45, 2.75) is 270 Å². The van der Waals surface area contributed by atoms with Gasteiger partial charge in [0.1, 0.15) is 5.54 Å². The van der Waals surface area contributed by atoms with Crippen LogP contribution in [-0.4, -0.2) is 25.1 Å². The Kier molecular flexibility index (Phi) is 38.0. The highest BCUT2D eigenvalue weighted by Crippen LogP contribution is 2.43. The molecule has 0 amide bonds. The van der Waals surface area contributed by atoms with Crippen molar-refractivity contribution in [3.05, 3.63) is 35.9 Å². The van der Waals surface area contributed by atoms with Crippen LogP contribution in [0.3, 0.4) is 0 Å². The molecule has 1 nitrogen and oxygen atoms in total. The molecule has 314 valence electrons. The first-order valence-corrected chi connectivity index (χ1v) is 24.4. The van der Waals surface area contributed by atoms with Crippen LogP contribution in [0.4, 0.5) is 0 Å². The molecule has 1 aromatic carbocycles. The molecule has 0 heterocycles. The monoisotopic (exact) mass is 760 g/mol. The van der Waals surface area contributed by atoms with E-state index >= 15 is 0 Å². The SMILES string of the molecule is CCCCCCCCCCCCCCCC[N+](C)(C)C(CCCCCCCCCCCC)(CCCCCCCCCCCCCC)c1ccccc1.[Cl-]. The standard InChI is InChI=1S/C51H98N.ClH/c1-6-9-12-15-18-21-24-26-27-29-32-35-38-44-49-52(4,5)51(50-45-40-39-41-46-50,47-42-36-33-30-23-20-17-14-11-8-3)48-43-37-34-31-28-25-22-19-16-13-10-7-2;/h39-41,45-46H,6-38,42-44,47-49H2,1-5H3;1H/q+1;/p-1. The summed E-state index contributed by atoms with van der Waals surface area (Å²) in [7, 11) is 5.23. The largest absolute Gasteiger partial charge is 1.00 e. The minimum Gasteiger partial charge on any atom is -1.00 e. The van der Waals surface area contributed by atoms with Crippen molar-refractivity contribution < 1.29 is 16.9 Å². The van der Waals surface area contributed by atoms with E-state index in [1.165, 1.54) is 255 Å². The zero-order valence-corrected chi connectivity index (χ0v) is 38.0. The summed E-state index contributed by atoms with van der Waals surface area (Å²) in [5.74, 6) is 0. The molecule has 1 unspecified atom stereocenters. The highest BCUT2D eigenvalue weighted by Gasteiger charge is 2.45. The van der Waals surface area contributed by atoms with Crippen LogP contribution in [0.5, 0.6) is 0 Å². The lowest BCUT2D eigenvalue weighted by Gasteiger charge is -2.50. The molecule has 0 N–H and O–H groups in total. The van der Waals surface area contributed by atoms with Gasteiger partial charge in [0.2, 0.25) is 0 Å². The lowest BCUT2D eigenvalue weighted by molar-refractivity contribution is -0.951. The van der Waals surface area contributed by atoms with Gasteiger partial charge in [-0.15, -0.1) is 0 Å². The third kappa shape index (κ3) is 27.7. The molecular formula is C51H98ClN. The Morgan fingerprint density at radius 2 is 0.585 bits per heavy atom. The van der Waals surface area contributed by atoms with E-state index < -0.39 is 0 Å².